The Morgan fingerprint density at radius 3 is 2.29 bits per heavy atom. The van der Waals surface area contributed by atoms with Crippen molar-refractivity contribution in [2.45, 2.75) is 12.7 Å². The summed E-state index contributed by atoms with van der Waals surface area (Å²) in [7, 11) is 0. The van der Waals surface area contributed by atoms with Crippen LogP contribution in [0.4, 0.5) is 17.6 Å². The molecule has 0 radical (unpaired) electrons. The summed E-state index contributed by atoms with van der Waals surface area (Å²) in [6.07, 6.45) is -4.46. The Hall–Kier alpha value is -0.370. The summed E-state index contributed by atoms with van der Waals surface area (Å²) in [6.45, 7) is -0.244. The maximum atomic E-state index is 13.1. The molecule has 0 saturated heterocycles. The molecule has 1 aromatic rings. The van der Waals surface area contributed by atoms with Crippen LogP contribution in [-0.2, 0) is 12.7 Å². The van der Waals surface area contributed by atoms with Crippen molar-refractivity contribution in [3.8, 4) is 0 Å². The van der Waals surface area contributed by atoms with Crippen molar-refractivity contribution in [1.82, 2.24) is 0 Å². The summed E-state index contributed by atoms with van der Waals surface area (Å²) in [5.74, 6) is -0.680. The molecule has 0 amide bonds. The number of benzene rings is 1. The number of halogens is 5. The molecule has 0 aromatic heterocycles. The molecule has 1 aromatic carbocycles. The third-order valence-corrected chi connectivity index (χ3v) is 2.44. The second-order valence-corrected chi connectivity index (χ2v) is 3.80. The van der Waals surface area contributed by atoms with Crippen LogP contribution in [0.15, 0.2) is 12.1 Å². The Morgan fingerprint density at radius 1 is 1.29 bits per heavy atom. The van der Waals surface area contributed by atoms with E-state index in [4.69, 9.17) is 5.73 Å². The van der Waals surface area contributed by atoms with E-state index in [9.17, 15) is 17.6 Å². The van der Waals surface area contributed by atoms with Gasteiger partial charge in [-0.2, -0.15) is 13.2 Å². The highest BCUT2D eigenvalue weighted by Crippen LogP contribution is 2.32. The monoisotopic (exact) mass is 319 g/mol. The van der Waals surface area contributed by atoms with E-state index in [-0.39, 0.29) is 15.7 Å². The fourth-order valence-electron chi connectivity index (χ4n) is 0.958. The zero-order valence-corrected chi connectivity index (χ0v) is 8.99. The lowest BCUT2D eigenvalue weighted by Gasteiger charge is -2.10. The second kappa shape index (κ2) is 4.01. The summed E-state index contributed by atoms with van der Waals surface area (Å²) in [6, 6.07) is 1.49. The lowest BCUT2D eigenvalue weighted by molar-refractivity contribution is -0.137. The second-order valence-electron chi connectivity index (χ2n) is 2.63. The molecular formula is C8H6F4IN. The summed E-state index contributed by atoms with van der Waals surface area (Å²) < 4.78 is 49.8. The lowest BCUT2D eigenvalue weighted by atomic mass is 10.1. The molecule has 1 nitrogen and oxygen atoms in total. The predicted octanol–water partition coefficient (Wildman–Crippen LogP) is 2.91. The molecule has 0 atom stereocenters. The average Bonchev–Trinajstić information content (AvgIpc) is 2.07. The van der Waals surface area contributed by atoms with E-state index in [1.54, 1.807) is 0 Å². The molecule has 2 N–H and O–H groups in total. The molecule has 0 spiro atoms. The Bertz CT molecular complexity index is 348. The highest BCUT2D eigenvalue weighted by atomic mass is 127. The molecule has 0 saturated carbocycles. The van der Waals surface area contributed by atoms with E-state index in [1.807, 2.05) is 0 Å². The van der Waals surface area contributed by atoms with Gasteiger partial charge in [-0.25, -0.2) is 4.39 Å². The van der Waals surface area contributed by atoms with Gasteiger partial charge in [0.15, 0.2) is 0 Å². The molecule has 0 unspecified atom stereocenters. The molecule has 0 heterocycles. The van der Waals surface area contributed by atoms with Crippen LogP contribution in [0.5, 0.6) is 0 Å². The van der Waals surface area contributed by atoms with Crippen molar-refractivity contribution in [2.75, 3.05) is 0 Å². The summed E-state index contributed by atoms with van der Waals surface area (Å²) in [4.78, 5) is 0. The van der Waals surface area contributed by atoms with Crippen LogP contribution in [0.1, 0.15) is 11.1 Å². The van der Waals surface area contributed by atoms with E-state index < -0.39 is 17.6 Å². The van der Waals surface area contributed by atoms with Gasteiger partial charge >= 0.3 is 6.18 Å². The van der Waals surface area contributed by atoms with E-state index in [0.29, 0.717) is 0 Å². The molecule has 14 heavy (non-hydrogen) atoms. The summed E-state index contributed by atoms with van der Waals surface area (Å²) >= 11 is 1.51. The van der Waals surface area contributed by atoms with Crippen LogP contribution in [0, 0.1) is 9.39 Å². The molecule has 1 rings (SSSR count). The molecule has 0 aliphatic rings. The number of rotatable bonds is 1. The van der Waals surface area contributed by atoms with Gasteiger partial charge in [-0.1, -0.05) is 0 Å². The maximum absolute atomic E-state index is 13.1. The van der Waals surface area contributed by atoms with Gasteiger partial charge in [0.25, 0.3) is 0 Å². The average molecular weight is 319 g/mol. The predicted molar refractivity (Wildman–Crippen MR) is 52.0 cm³/mol. The molecule has 0 bridgehead atoms. The van der Waals surface area contributed by atoms with Gasteiger partial charge in [-0.15, -0.1) is 0 Å². The third kappa shape index (κ3) is 2.35. The van der Waals surface area contributed by atoms with Gasteiger partial charge in [0.05, 0.1) is 5.56 Å². The van der Waals surface area contributed by atoms with E-state index in [2.05, 4.69) is 0 Å². The van der Waals surface area contributed by atoms with Gasteiger partial charge in [-0.3, -0.25) is 0 Å². The first kappa shape index (κ1) is 11.7. The number of hydrogen-bond donors (Lipinski definition) is 1. The van der Waals surface area contributed by atoms with Crippen LogP contribution in [0.2, 0.25) is 0 Å². The maximum Gasteiger partial charge on any atom is 0.416 e. The normalized spacial score (nSPS) is 11.9. The van der Waals surface area contributed by atoms with Gasteiger partial charge in [0, 0.05) is 15.7 Å². The number of hydrogen-bond acceptors (Lipinski definition) is 1. The van der Waals surface area contributed by atoms with E-state index in [0.717, 1.165) is 12.1 Å². The quantitative estimate of drug-likeness (QED) is 0.625. The van der Waals surface area contributed by atoms with Crippen molar-refractivity contribution in [3.63, 3.8) is 0 Å². The van der Waals surface area contributed by atoms with Crippen LogP contribution in [0.25, 0.3) is 0 Å². The van der Waals surface area contributed by atoms with Crippen molar-refractivity contribution in [1.29, 1.82) is 0 Å². The van der Waals surface area contributed by atoms with Gasteiger partial charge in [0.1, 0.15) is 5.82 Å². The SMILES string of the molecule is NCc1cc(C(F)(F)F)cc(I)c1F. The molecule has 0 fully saturated rings. The first-order chi connectivity index (χ1) is 6.36. The van der Waals surface area contributed by atoms with Crippen LogP contribution in [0.3, 0.4) is 0 Å². The van der Waals surface area contributed by atoms with Crippen molar-refractivity contribution in [2.24, 2.45) is 5.73 Å². The summed E-state index contributed by atoms with van der Waals surface area (Å²) in [5.41, 5.74) is 4.13. The lowest BCUT2D eigenvalue weighted by Crippen LogP contribution is -2.10. The zero-order chi connectivity index (χ0) is 10.9. The van der Waals surface area contributed by atoms with Gasteiger partial charge in [-0.05, 0) is 34.7 Å². The molecular weight excluding hydrogens is 313 g/mol. The van der Waals surface area contributed by atoms with Crippen LogP contribution in [-0.4, -0.2) is 0 Å². The fraction of sp³-hybridized carbons (Fsp3) is 0.250. The van der Waals surface area contributed by atoms with Gasteiger partial charge in [0.2, 0.25) is 0 Å². The summed E-state index contributed by atoms with van der Waals surface area (Å²) in [5, 5.41) is 0. The number of alkyl halides is 3. The van der Waals surface area contributed by atoms with Gasteiger partial charge < -0.3 is 5.73 Å². The van der Waals surface area contributed by atoms with Crippen molar-refractivity contribution in [3.05, 3.63) is 32.6 Å². The smallest absolute Gasteiger partial charge is 0.326 e. The Labute approximate surface area is 91.4 Å². The Balaban J connectivity index is 3.30. The van der Waals surface area contributed by atoms with Crippen molar-refractivity contribution >= 4 is 22.6 Å². The minimum absolute atomic E-state index is 0.0714. The minimum atomic E-state index is -4.46. The topological polar surface area (TPSA) is 26.0 Å². The zero-order valence-electron chi connectivity index (χ0n) is 6.83. The third-order valence-electron chi connectivity index (χ3n) is 1.65. The first-order valence-corrected chi connectivity index (χ1v) is 4.69. The standard InChI is InChI=1S/C8H6F4IN/c9-7-4(3-14)1-5(2-6(7)13)8(10,11)12/h1-2H,3,14H2. The fourth-order valence-corrected chi connectivity index (χ4v) is 1.64. The molecule has 78 valence electrons. The van der Waals surface area contributed by atoms with Crippen LogP contribution < -0.4 is 5.73 Å². The highest BCUT2D eigenvalue weighted by molar-refractivity contribution is 14.1. The molecule has 0 aliphatic heterocycles. The largest absolute Gasteiger partial charge is 0.416 e. The Kier molecular flexibility index (Phi) is 3.36. The Morgan fingerprint density at radius 2 is 1.86 bits per heavy atom. The number of nitrogens with two attached hydrogens (primary N) is 1. The minimum Gasteiger partial charge on any atom is -0.326 e. The highest BCUT2D eigenvalue weighted by Gasteiger charge is 2.31. The molecule has 6 heteroatoms. The van der Waals surface area contributed by atoms with E-state index in [1.165, 1.54) is 22.6 Å². The van der Waals surface area contributed by atoms with Crippen LogP contribution >= 0.6 is 22.6 Å². The first-order valence-electron chi connectivity index (χ1n) is 3.61. The van der Waals surface area contributed by atoms with Crippen molar-refractivity contribution < 1.29 is 17.6 Å². The van der Waals surface area contributed by atoms with E-state index >= 15 is 0 Å². The molecule has 0 aliphatic carbocycles.